The number of para-hydroxylation sites is 1. The largest absolute Gasteiger partial charge is 0.507 e. The molecule has 1 aromatic heterocycles. The van der Waals surface area contributed by atoms with Crippen molar-refractivity contribution in [2.75, 3.05) is 0 Å². The van der Waals surface area contributed by atoms with Crippen molar-refractivity contribution in [3.05, 3.63) is 82.8 Å². The van der Waals surface area contributed by atoms with Crippen LogP contribution in [0.5, 0.6) is 5.75 Å². The van der Waals surface area contributed by atoms with E-state index in [0.717, 1.165) is 30.8 Å². The molecule has 4 aromatic rings. The molecule has 0 aliphatic rings. The van der Waals surface area contributed by atoms with Crippen molar-refractivity contribution in [3.8, 4) is 16.3 Å². The highest BCUT2D eigenvalue weighted by atomic mass is 79.9. The van der Waals surface area contributed by atoms with Gasteiger partial charge < -0.3 is 5.11 Å². The van der Waals surface area contributed by atoms with Gasteiger partial charge in [0.2, 0.25) is 0 Å². The van der Waals surface area contributed by atoms with Crippen LogP contribution in [0.3, 0.4) is 0 Å². The van der Waals surface area contributed by atoms with Crippen LogP contribution in [0.4, 0.5) is 5.69 Å². The summed E-state index contributed by atoms with van der Waals surface area (Å²) in [5, 5.41) is 11.2. The zero-order valence-electron chi connectivity index (χ0n) is 14.2. The predicted molar refractivity (Wildman–Crippen MR) is 118 cm³/mol. The summed E-state index contributed by atoms with van der Waals surface area (Å²) in [6.45, 7) is 0. The van der Waals surface area contributed by atoms with Crippen LogP contribution in [-0.2, 0) is 0 Å². The van der Waals surface area contributed by atoms with Crippen molar-refractivity contribution < 1.29 is 5.11 Å². The van der Waals surface area contributed by atoms with Crippen LogP contribution in [0.2, 0.25) is 0 Å². The molecule has 0 amide bonds. The minimum atomic E-state index is 0.181. The van der Waals surface area contributed by atoms with Gasteiger partial charge in [-0.15, -0.1) is 11.3 Å². The Morgan fingerprint density at radius 3 is 2.59 bits per heavy atom. The summed E-state index contributed by atoms with van der Waals surface area (Å²) >= 11 is 4.99. The maximum atomic E-state index is 10.4. The topological polar surface area (TPSA) is 45.5 Å². The summed E-state index contributed by atoms with van der Waals surface area (Å²) in [4.78, 5) is 8.97. The first-order chi connectivity index (χ1) is 13.2. The Hall–Kier alpha value is -2.76. The SMILES string of the molecule is Oc1cc(N=C/C=C/c2ccc(Br)cc2)ccc1-c1nc2ccccc2s1. The Bertz CT molecular complexity index is 1110. The number of thiazole rings is 1. The molecule has 132 valence electrons. The number of phenolic OH excluding ortho intramolecular Hbond substituents is 1. The van der Waals surface area contributed by atoms with E-state index in [1.165, 1.54) is 0 Å². The van der Waals surface area contributed by atoms with Crippen LogP contribution in [0, 0.1) is 0 Å². The summed E-state index contributed by atoms with van der Waals surface area (Å²) < 4.78 is 2.16. The molecule has 0 unspecified atom stereocenters. The zero-order valence-corrected chi connectivity index (χ0v) is 16.6. The zero-order chi connectivity index (χ0) is 18.6. The minimum absolute atomic E-state index is 0.181. The highest BCUT2D eigenvalue weighted by Gasteiger charge is 2.10. The van der Waals surface area contributed by atoms with E-state index >= 15 is 0 Å². The highest BCUT2D eigenvalue weighted by molar-refractivity contribution is 9.10. The lowest BCUT2D eigenvalue weighted by Crippen LogP contribution is -1.78. The second kappa shape index (κ2) is 7.86. The number of phenols is 1. The van der Waals surface area contributed by atoms with Crippen molar-refractivity contribution in [2.45, 2.75) is 0 Å². The molecule has 5 heteroatoms. The van der Waals surface area contributed by atoms with Crippen LogP contribution in [0.1, 0.15) is 5.56 Å². The van der Waals surface area contributed by atoms with Gasteiger partial charge in [-0.05, 0) is 48.0 Å². The van der Waals surface area contributed by atoms with Crippen LogP contribution in [0.15, 0.2) is 82.3 Å². The smallest absolute Gasteiger partial charge is 0.128 e. The number of aromatic hydroxyl groups is 1. The Morgan fingerprint density at radius 2 is 1.81 bits per heavy atom. The van der Waals surface area contributed by atoms with E-state index in [1.807, 2.05) is 72.8 Å². The normalized spacial score (nSPS) is 11.7. The molecular formula is C22H15BrN2OS. The number of nitrogens with zero attached hydrogens (tertiary/aromatic N) is 2. The molecule has 0 atom stereocenters. The van der Waals surface area contributed by atoms with E-state index in [9.17, 15) is 5.11 Å². The first kappa shape index (κ1) is 17.6. The quantitative estimate of drug-likeness (QED) is 0.357. The number of rotatable bonds is 4. The molecule has 1 heterocycles. The second-order valence-electron chi connectivity index (χ2n) is 5.88. The van der Waals surface area contributed by atoms with Crippen LogP contribution < -0.4 is 0 Å². The molecular weight excluding hydrogens is 420 g/mol. The van der Waals surface area contributed by atoms with Crippen molar-refractivity contribution in [1.82, 2.24) is 4.98 Å². The van der Waals surface area contributed by atoms with Gasteiger partial charge in [0.15, 0.2) is 0 Å². The van der Waals surface area contributed by atoms with E-state index in [2.05, 4.69) is 25.9 Å². The molecule has 3 aromatic carbocycles. The van der Waals surface area contributed by atoms with E-state index in [4.69, 9.17) is 0 Å². The highest BCUT2D eigenvalue weighted by Crippen LogP contribution is 2.36. The molecule has 0 saturated carbocycles. The molecule has 0 aliphatic heterocycles. The monoisotopic (exact) mass is 434 g/mol. The first-order valence-electron chi connectivity index (χ1n) is 8.34. The lowest BCUT2D eigenvalue weighted by molar-refractivity contribution is 0.477. The van der Waals surface area contributed by atoms with E-state index in [-0.39, 0.29) is 5.75 Å². The summed E-state index contributed by atoms with van der Waals surface area (Å²) in [6, 6.07) is 21.4. The molecule has 0 spiro atoms. The molecule has 0 aliphatic carbocycles. The third-order valence-corrected chi connectivity index (χ3v) is 5.57. The molecule has 0 radical (unpaired) electrons. The Labute approximate surface area is 169 Å². The Balaban J connectivity index is 1.52. The Morgan fingerprint density at radius 1 is 1.00 bits per heavy atom. The van der Waals surface area contributed by atoms with Crippen LogP contribution >= 0.6 is 27.3 Å². The number of benzene rings is 3. The van der Waals surface area contributed by atoms with Crippen molar-refractivity contribution in [2.24, 2.45) is 4.99 Å². The number of aliphatic imine (C=N–C) groups is 1. The van der Waals surface area contributed by atoms with Gasteiger partial charge >= 0.3 is 0 Å². The molecule has 27 heavy (non-hydrogen) atoms. The third-order valence-electron chi connectivity index (χ3n) is 3.97. The van der Waals surface area contributed by atoms with E-state index in [1.54, 1.807) is 23.6 Å². The molecule has 0 bridgehead atoms. The predicted octanol–water partition coefficient (Wildman–Crippen LogP) is 6.85. The standard InChI is InChI=1S/C22H15BrN2OS/c23-16-9-7-15(8-10-16)4-3-13-24-17-11-12-18(20(26)14-17)22-25-19-5-1-2-6-21(19)27-22/h1-14,26H/b4-3+,24-13?. The lowest BCUT2D eigenvalue weighted by Gasteiger charge is -2.01. The van der Waals surface area contributed by atoms with Gasteiger partial charge in [0, 0.05) is 16.8 Å². The minimum Gasteiger partial charge on any atom is -0.507 e. The fourth-order valence-electron chi connectivity index (χ4n) is 2.63. The number of aromatic nitrogens is 1. The molecule has 3 nitrogen and oxygen atoms in total. The summed E-state index contributed by atoms with van der Waals surface area (Å²) in [5.41, 5.74) is 3.45. The number of halogens is 1. The molecule has 4 rings (SSSR count). The van der Waals surface area contributed by atoms with Crippen LogP contribution in [-0.4, -0.2) is 16.3 Å². The van der Waals surface area contributed by atoms with Gasteiger partial charge in [0.05, 0.1) is 21.5 Å². The maximum Gasteiger partial charge on any atom is 0.128 e. The van der Waals surface area contributed by atoms with Crippen molar-refractivity contribution in [3.63, 3.8) is 0 Å². The lowest BCUT2D eigenvalue weighted by atomic mass is 10.2. The van der Waals surface area contributed by atoms with Crippen LogP contribution in [0.25, 0.3) is 26.9 Å². The van der Waals surface area contributed by atoms with E-state index in [0.29, 0.717) is 5.69 Å². The van der Waals surface area contributed by atoms with Gasteiger partial charge in [-0.3, -0.25) is 4.99 Å². The summed E-state index contributed by atoms with van der Waals surface area (Å²) in [5.74, 6) is 0.181. The Kier molecular flexibility index (Phi) is 5.14. The number of allylic oxidation sites excluding steroid dienone is 1. The number of fused-ring (bicyclic) bond motifs is 1. The third kappa shape index (κ3) is 4.15. The maximum absolute atomic E-state index is 10.4. The summed E-state index contributed by atoms with van der Waals surface area (Å²) in [6.07, 6.45) is 5.57. The number of hydrogen-bond donors (Lipinski definition) is 1. The van der Waals surface area contributed by atoms with E-state index < -0.39 is 0 Å². The van der Waals surface area contributed by atoms with Crippen molar-refractivity contribution >= 4 is 55.5 Å². The first-order valence-corrected chi connectivity index (χ1v) is 9.95. The van der Waals surface area contributed by atoms with Gasteiger partial charge in [0.25, 0.3) is 0 Å². The molecule has 0 saturated heterocycles. The second-order valence-corrected chi connectivity index (χ2v) is 7.82. The van der Waals surface area contributed by atoms with Crippen molar-refractivity contribution in [1.29, 1.82) is 0 Å². The average Bonchev–Trinajstić information content (AvgIpc) is 3.10. The van der Waals surface area contributed by atoms with Gasteiger partial charge in [-0.1, -0.05) is 46.3 Å². The van der Waals surface area contributed by atoms with Gasteiger partial charge in [-0.25, -0.2) is 4.98 Å². The molecule has 0 fully saturated rings. The average molecular weight is 435 g/mol. The number of hydrogen-bond acceptors (Lipinski definition) is 4. The van der Waals surface area contributed by atoms with Gasteiger partial charge in [0.1, 0.15) is 10.8 Å². The van der Waals surface area contributed by atoms with Gasteiger partial charge in [-0.2, -0.15) is 0 Å². The summed E-state index contributed by atoms with van der Waals surface area (Å²) in [7, 11) is 0. The fraction of sp³-hybridized carbons (Fsp3) is 0. The molecule has 1 N–H and O–H groups in total. The fourth-order valence-corrected chi connectivity index (χ4v) is 3.89.